The number of pyridine rings is 1. The number of nitrogens with zero attached hydrogens (tertiary/aromatic N) is 3. The number of esters is 1. The number of hydrogen-bond donors (Lipinski definition) is 0. The molecule has 1 aromatic carbocycles. The van der Waals surface area contributed by atoms with E-state index in [2.05, 4.69) is 15.2 Å². The van der Waals surface area contributed by atoms with Crippen molar-refractivity contribution in [2.45, 2.75) is 13.1 Å². The molecule has 0 atom stereocenters. The molecule has 0 N–H and O–H groups in total. The number of alkyl halides is 3. The Morgan fingerprint density at radius 2 is 2.00 bits per heavy atom. The zero-order valence-corrected chi connectivity index (χ0v) is 13.4. The van der Waals surface area contributed by atoms with Gasteiger partial charge in [-0.1, -0.05) is 6.07 Å². The van der Waals surface area contributed by atoms with E-state index in [0.29, 0.717) is 10.9 Å². The summed E-state index contributed by atoms with van der Waals surface area (Å²) in [6.45, 7) is 1.74. The molecule has 0 saturated carbocycles. The van der Waals surface area contributed by atoms with E-state index >= 15 is 0 Å². The van der Waals surface area contributed by atoms with Gasteiger partial charge in [0.2, 0.25) is 0 Å². The molecule has 0 unspecified atom stereocenters. The minimum atomic E-state index is -4.52. The molecule has 0 bridgehead atoms. The molecule has 2 aromatic heterocycles. The standard InChI is InChI=1S/C17H12F3N3O3/c1-2-25-16(24)14-12-6-7-21-9-13(12)22-23-15(14)26-11-5-3-4-10(8-11)17(18,19)20/h3-9H,2H2,1H3. The van der Waals surface area contributed by atoms with Gasteiger partial charge in [-0.2, -0.15) is 13.2 Å². The number of carbonyl (C=O) groups excluding carboxylic acids is 1. The van der Waals surface area contributed by atoms with Crippen LogP contribution in [0.25, 0.3) is 10.9 Å². The van der Waals surface area contributed by atoms with Gasteiger partial charge in [0.15, 0.2) is 0 Å². The molecular weight excluding hydrogens is 351 g/mol. The topological polar surface area (TPSA) is 74.2 Å². The smallest absolute Gasteiger partial charge is 0.416 e. The number of carbonyl (C=O) groups is 1. The molecule has 2 heterocycles. The van der Waals surface area contributed by atoms with Gasteiger partial charge in [0.05, 0.1) is 18.4 Å². The maximum atomic E-state index is 12.9. The van der Waals surface area contributed by atoms with Gasteiger partial charge in [-0.05, 0) is 31.2 Å². The number of ether oxygens (including phenoxy) is 2. The fraction of sp³-hybridized carbons (Fsp3) is 0.176. The van der Waals surface area contributed by atoms with Crippen LogP contribution < -0.4 is 4.74 Å². The molecular formula is C17H12F3N3O3. The average molecular weight is 363 g/mol. The molecule has 6 nitrogen and oxygen atoms in total. The van der Waals surface area contributed by atoms with Gasteiger partial charge in [-0.15, -0.1) is 10.2 Å². The number of fused-ring (bicyclic) bond motifs is 1. The second kappa shape index (κ2) is 6.95. The van der Waals surface area contributed by atoms with Gasteiger partial charge in [-0.25, -0.2) is 4.79 Å². The minimum absolute atomic E-state index is 0.0309. The SMILES string of the molecule is CCOC(=O)c1c(Oc2cccc(C(F)(F)F)c2)nnc2cnccc12. The lowest BCUT2D eigenvalue weighted by molar-refractivity contribution is -0.137. The van der Waals surface area contributed by atoms with E-state index in [4.69, 9.17) is 9.47 Å². The number of halogens is 3. The molecule has 3 aromatic rings. The Bertz CT molecular complexity index is 961. The van der Waals surface area contributed by atoms with E-state index in [0.717, 1.165) is 12.1 Å². The maximum absolute atomic E-state index is 12.9. The van der Waals surface area contributed by atoms with Crippen LogP contribution in [0.4, 0.5) is 13.2 Å². The molecule has 0 amide bonds. The van der Waals surface area contributed by atoms with Crippen LogP contribution in [-0.2, 0) is 10.9 Å². The van der Waals surface area contributed by atoms with Crippen molar-refractivity contribution in [3.8, 4) is 11.6 Å². The summed E-state index contributed by atoms with van der Waals surface area (Å²) in [6, 6.07) is 5.77. The van der Waals surface area contributed by atoms with Gasteiger partial charge >= 0.3 is 12.1 Å². The van der Waals surface area contributed by atoms with Crippen molar-refractivity contribution in [2.75, 3.05) is 6.61 Å². The zero-order chi connectivity index (χ0) is 18.7. The molecule has 0 radical (unpaired) electrons. The molecule has 26 heavy (non-hydrogen) atoms. The second-order valence-electron chi connectivity index (χ2n) is 5.12. The molecule has 3 rings (SSSR count). The number of aromatic nitrogens is 3. The van der Waals surface area contributed by atoms with Crippen LogP contribution in [0.3, 0.4) is 0 Å². The van der Waals surface area contributed by atoms with E-state index in [9.17, 15) is 18.0 Å². The Balaban J connectivity index is 2.08. The van der Waals surface area contributed by atoms with E-state index < -0.39 is 17.7 Å². The molecule has 9 heteroatoms. The fourth-order valence-corrected chi connectivity index (χ4v) is 2.26. The highest BCUT2D eigenvalue weighted by molar-refractivity contribution is 6.05. The van der Waals surface area contributed by atoms with E-state index in [1.54, 1.807) is 6.92 Å². The maximum Gasteiger partial charge on any atom is 0.416 e. The Morgan fingerprint density at radius 1 is 1.19 bits per heavy atom. The Morgan fingerprint density at radius 3 is 2.73 bits per heavy atom. The van der Waals surface area contributed by atoms with Crippen molar-refractivity contribution in [3.63, 3.8) is 0 Å². The summed E-state index contributed by atoms with van der Waals surface area (Å²) >= 11 is 0. The molecule has 0 aliphatic rings. The minimum Gasteiger partial charge on any atom is -0.462 e. The molecule has 0 spiro atoms. The van der Waals surface area contributed by atoms with Gasteiger partial charge in [-0.3, -0.25) is 4.98 Å². The monoisotopic (exact) mass is 363 g/mol. The normalized spacial score (nSPS) is 11.4. The lowest BCUT2D eigenvalue weighted by atomic mass is 10.1. The lowest BCUT2D eigenvalue weighted by Crippen LogP contribution is -2.10. The first-order valence-electron chi connectivity index (χ1n) is 7.52. The van der Waals surface area contributed by atoms with Gasteiger partial charge in [0, 0.05) is 11.6 Å². The Labute approximate surface area is 145 Å². The Kier molecular flexibility index (Phi) is 4.70. The number of rotatable bonds is 4. The largest absolute Gasteiger partial charge is 0.462 e. The molecule has 0 aliphatic heterocycles. The van der Waals surface area contributed by atoms with Gasteiger partial charge < -0.3 is 9.47 Å². The first kappa shape index (κ1) is 17.6. The fourth-order valence-electron chi connectivity index (χ4n) is 2.26. The second-order valence-corrected chi connectivity index (χ2v) is 5.12. The van der Waals surface area contributed by atoms with Crippen molar-refractivity contribution in [1.82, 2.24) is 15.2 Å². The van der Waals surface area contributed by atoms with Crippen LogP contribution in [0, 0.1) is 0 Å². The summed E-state index contributed by atoms with van der Waals surface area (Å²) in [4.78, 5) is 16.2. The zero-order valence-electron chi connectivity index (χ0n) is 13.4. The summed E-state index contributed by atoms with van der Waals surface area (Å²) in [5.41, 5.74) is -0.589. The summed E-state index contributed by atoms with van der Waals surface area (Å²) in [5.74, 6) is -1.10. The van der Waals surface area contributed by atoms with E-state index in [1.165, 1.54) is 30.6 Å². The predicted molar refractivity (Wildman–Crippen MR) is 84.8 cm³/mol. The van der Waals surface area contributed by atoms with Crippen LogP contribution in [-0.4, -0.2) is 27.8 Å². The third kappa shape index (κ3) is 3.56. The third-order valence-electron chi connectivity index (χ3n) is 3.39. The highest BCUT2D eigenvalue weighted by Crippen LogP contribution is 2.34. The molecule has 0 fully saturated rings. The summed E-state index contributed by atoms with van der Waals surface area (Å²) in [5, 5.41) is 8.06. The Hall–Kier alpha value is -3.23. The predicted octanol–water partition coefficient (Wildman–Crippen LogP) is 4.01. The van der Waals surface area contributed by atoms with E-state index in [-0.39, 0.29) is 23.8 Å². The van der Waals surface area contributed by atoms with Gasteiger partial charge in [0.1, 0.15) is 16.8 Å². The molecule has 0 aliphatic carbocycles. The van der Waals surface area contributed by atoms with Crippen LogP contribution in [0.5, 0.6) is 11.6 Å². The first-order valence-corrected chi connectivity index (χ1v) is 7.52. The first-order chi connectivity index (χ1) is 12.4. The van der Waals surface area contributed by atoms with Crippen LogP contribution in [0.2, 0.25) is 0 Å². The van der Waals surface area contributed by atoms with Crippen molar-refractivity contribution >= 4 is 16.9 Å². The van der Waals surface area contributed by atoms with Crippen molar-refractivity contribution in [2.24, 2.45) is 0 Å². The van der Waals surface area contributed by atoms with Crippen molar-refractivity contribution < 1.29 is 27.4 Å². The number of benzene rings is 1. The lowest BCUT2D eigenvalue weighted by Gasteiger charge is -2.12. The number of hydrogen-bond acceptors (Lipinski definition) is 6. The van der Waals surface area contributed by atoms with Crippen molar-refractivity contribution in [3.05, 3.63) is 53.9 Å². The van der Waals surface area contributed by atoms with Gasteiger partial charge in [0.25, 0.3) is 5.88 Å². The molecule has 134 valence electrons. The summed E-state index contributed by atoms with van der Waals surface area (Å²) in [7, 11) is 0. The van der Waals surface area contributed by atoms with E-state index in [1.807, 2.05) is 0 Å². The van der Waals surface area contributed by atoms with Crippen LogP contribution in [0.15, 0.2) is 42.7 Å². The van der Waals surface area contributed by atoms with Crippen LogP contribution in [0.1, 0.15) is 22.8 Å². The molecule has 0 saturated heterocycles. The van der Waals surface area contributed by atoms with Crippen LogP contribution >= 0.6 is 0 Å². The summed E-state index contributed by atoms with van der Waals surface area (Å²) in [6.07, 6.45) is -1.68. The third-order valence-corrected chi connectivity index (χ3v) is 3.39. The average Bonchev–Trinajstić information content (AvgIpc) is 2.61. The summed E-state index contributed by atoms with van der Waals surface area (Å²) < 4.78 is 49.0. The quantitative estimate of drug-likeness (QED) is 0.652. The highest BCUT2D eigenvalue weighted by atomic mass is 19.4. The van der Waals surface area contributed by atoms with Crippen molar-refractivity contribution in [1.29, 1.82) is 0 Å². The highest BCUT2D eigenvalue weighted by Gasteiger charge is 2.31.